The maximum absolute atomic E-state index is 5.32. The molecule has 84 valence electrons. The highest BCUT2D eigenvalue weighted by molar-refractivity contribution is 5.44. The van der Waals surface area contributed by atoms with Crippen LogP contribution in [0.25, 0.3) is 11.6 Å². The second-order valence-electron chi connectivity index (χ2n) is 3.42. The number of nitrogens with one attached hydrogen (secondary N) is 1. The van der Waals surface area contributed by atoms with E-state index in [0.29, 0.717) is 30.6 Å². The summed E-state index contributed by atoms with van der Waals surface area (Å²) in [6.07, 6.45) is 1.46. The second kappa shape index (κ2) is 4.03. The summed E-state index contributed by atoms with van der Waals surface area (Å²) in [7, 11) is 0. The molecular formula is C9H10N4O3. The first kappa shape index (κ1) is 9.49. The standard InChI is InChI=1S/C9H10N4O3/c1-3-15-12-6(1)9-11-8(13-16-9)7-5-14-4-2-10-7/h1,3,7,10H,2,4-5H2. The van der Waals surface area contributed by atoms with Gasteiger partial charge in [0.25, 0.3) is 5.89 Å². The summed E-state index contributed by atoms with van der Waals surface area (Å²) in [4.78, 5) is 4.23. The van der Waals surface area contributed by atoms with Gasteiger partial charge in [0.1, 0.15) is 6.26 Å². The summed E-state index contributed by atoms with van der Waals surface area (Å²) < 4.78 is 15.1. The van der Waals surface area contributed by atoms with E-state index in [0.717, 1.165) is 6.54 Å². The molecule has 1 N–H and O–H groups in total. The molecule has 0 aliphatic carbocycles. The van der Waals surface area contributed by atoms with Gasteiger partial charge in [-0.1, -0.05) is 10.3 Å². The first-order chi connectivity index (χ1) is 7.93. The van der Waals surface area contributed by atoms with Gasteiger partial charge in [-0.15, -0.1) is 0 Å². The third-order valence-corrected chi connectivity index (χ3v) is 2.33. The molecule has 1 aliphatic rings. The van der Waals surface area contributed by atoms with Crippen molar-refractivity contribution in [2.24, 2.45) is 0 Å². The molecule has 0 spiro atoms. The molecule has 2 aromatic rings. The minimum Gasteiger partial charge on any atom is -0.378 e. The van der Waals surface area contributed by atoms with Gasteiger partial charge < -0.3 is 19.1 Å². The van der Waals surface area contributed by atoms with Crippen LogP contribution in [0.4, 0.5) is 0 Å². The number of hydrogen-bond donors (Lipinski definition) is 1. The van der Waals surface area contributed by atoms with Gasteiger partial charge in [-0.05, 0) is 0 Å². The Bertz CT molecular complexity index is 447. The number of nitrogens with zero attached hydrogens (tertiary/aromatic N) is 3. The molecule has 1 saturated heterocycles. The molecule has 0 bridgehead atoms. The van der Waals surface area contributed by atoms with Crippen LogP contribution in [0.2, 0.25) is 0 Å². The average molecular weight is 222 g/mol. The Hall–Kier alpha value is -1.73. The number of rotatable bonds is 2. The molecule has 1 unspecified atom stereocenters. The van der Waals surface area contributed by atoms with Crippen molar-refractivity contribution < 1.29 is 13.8 Å². The van der Waals surface area contributed by atoms with Crippen molar-refractivity contribution in [3.8, 4) is 11.6 Å². The topological polar surface area (TPSA) is 86.2 Å². The maximum Gasteiger partial charge on any atom is 0.280 e. The van der Waals surface area contributed by atoms with Gasteiger partial charge in [0.15, 0.2) is 11.5 Å². The van der Waals surface area contributed by atoms with E-state index in [9.17, 15) is 0 Å². The van der Waals surface area contributed by atoms with Crippen LogP contribution in [0.5, 0.6) is 0 Å². The number of aromatic nitrogens is 3. The molecular weight excluding hydrogens is 212 g/mol. The molecule has 0 aromatic carbocycles. The van der Waals surface area contributed by atoms with Gasteiger partial charge in [-0.25, -0.2) is 0 Å². The summed E-state index contributed by atoms with van der Waals surface area (Å²) in [5.74, 6) is 0.939. The van der Waals surface area contributed by atoms with E-state index in [1.807, 2.05) is 0 Å². The van der Waals surface area contributed by atoms with Crippen LogP contribution in [0.15, 0.2) is 21.4 Å². The molecule has 1 fully saturated rings. The Labute approximate surface area is 90.8 Å². The summed E-state index contributed by atoms with van der Waals surface area (Å²) in [6.45, 7) is 2.06. The van der Waals surface area contributed by atoms with Crippen molar-refractivity contribution in [2.45, 2.75) is 6.04 Å². The van der Waals surface area contributed by atoms with Gasteiger partial charge in [0, 0.05) is 12.6 Å². The largest absolute Gasteiger partial charge is 0.378 e. The van der Waals surface area contributed by atoms with E-state index in [1.54, 1.807) is 6.07 Å². The van der Waals surface area contributed by atoms with Gasteiger partial charge >= 0.3 is 0 Å². The van der Waals surface area contributed by atoms with Crippen LogP contribution in [-0.4, -0.2) is 35.1 Å². The highest BCUT2D eigenvalue weighted by Crippen LogP contribution is 2.18. The van der Waals surface area contributed by atoms with Crippen LogP contribution in [-0.2, 0) is 4.74 Å². The lowest BCUT2D eigenvalue weighted by molar-refractivity contribution is 0.0734. The van der Waals surface area contributed by atoms with Gasteiger partial charge in [-0.3, -0.25) is 0 Å². The van der Waals surface area contributed by atoms with Crippen LogP contribution in [0, 0.1) is 0 Å². The maximum atomic E-state index is 5.32. The SMILES string of the molecule is c1cc(-c2nc(C3COCCN3)no2)no1. The molecule has 3 rings (SSSR count). The van der Waals surface area contributed by atoms with E-state index in [1.165, 1.54) is 6.26 Å². The van der Waals surface area contributed by atoms with Crippen molar-refractivity contribution in [1.29, 1.82) is 0 Å². The van der Waals surface area contributed by atoms with Crippen molar-refractivity contribution in [1.82, 2.24) is 20.6 Å². The summed E-state index contributed by atoms with van der Waals surface area (Å²) in [5.41, 5.74) is 0.537. The molecule has 16 heavy (non-hydrogen) atoms. The van der Waals surface area contributed by atoms with E-state index < -0.39 is 0 Å². The second-order valence-corrected chi connectivity index (χ2v) is 3.42. The van der Waals surface area contributed by atoms with E-state index in [-0.39, 0.29) is 6.04 Å². The monoisotopic (exact) mass is 222 g/mol. The molecule has 0 amide bonds. The van der Waals surface area contributed by atoms with E-state index >= 15 is 0 Å². The Morgan fingerprint density at radius 1 is 1.38 bits per heavy atom. The Kier molecular flexibility index (Phi) is 2.39. The van der Waals surface area contributed by atoms with Crippen molar-refractivity contribution in [3.05, 3.63) is 18.2 Å². The lowest BCUT2D eigenvalue weighted by atomic mass is 10.2. The molecule has 0 radical (unpaired) electrons. The first-order valence-corrected chi connectivity index (χ1v) is 4.99. The number of hydrogen-bond acceptors (Lipinski definition) is 7. The Balaban J connectivity index is 1.82. The van der Waals surface area contributed by atoms with Crippen LogP contribution in [0.1, 0.15) is 11.9 Å². The fourth-order valence-corrected chi connectivity index (χ4v) is 1.53. The molecule has 3 heterocycles. The van der Waals surface area contributed by atoms with Crippen LogP contribution >= 0.6 is 0 Å². The lowest BCUT2D eigenvalue weighted by Crippen LogP contribution is -2.35. The van der Waals surface area contributed by atoms with Crippen LogP contribution < -0.4 is 5.32 Å². The van der Waals surface area contributed by atoms with Gasteiger partial charge in [0.05, 0.1) is 19.3 Å². The predicted octanol–water partition coefficient (Wildman–Crippen LogP) is 0.385. The van der Waals surface area contributed by atoms with Crippen LogP contribution in [0.3, 0.4) is 0 Å². The fraction of sp³-hybridized carbons (Fsp3) is 0.444. The van der Waals surface area contributed by atoms with Crippen molar-refractivity contribution in [3.63, 3.8) is 0 Å². The smallest absolute Gasteiger partial charge is 0.280 e. The highest BCUT2D eigenvalue weighted by atomic mass is 16.5. The zero-order valence-corrected chi connectivity index (χ0v) is 8.42. The molecule has 0 saturated carbocycles. The summed E-state index contributed by atoms with van der Waals surface area (Å²) in [5, 5.41) is 10.8. The van der Waals surface area contributed by atoms with E-state index in [4.69, 9.17) is 13.8 Å². The predicted molar refractivity (Wildman–Crippen MR) is 51.4 cm³/mol. The third-order valence-electron chi connectivity index (χ3n) is 2.33. The molecule has 7 heteroatoms. The van der Waals surface area contributed by atoms with Gasteiger partial charge in [-0.2, -0.15) is 4.98 Å². The molecule has 7 nitrogen and oxygen atoms in total. The normalized spacial score (nSPS) is 21.1. The minimum atomic E-state index is -0.0156. The third kappa shape index (κ3) is 1.70. The van der Waals surface area contributed by atoms with E-state index in [2.05, 4.69) is 20.6 Å². The Morgan fingerprint density at radius 3 is 3.12 bits per heavy atom. The first-order valence-electron chi connectivity index (χ1n) is 4.99. The zero-order valence-electron chi connectivity index (χ0n) is 8.42. The molecule has 1 atom stereocenters. The highest BCUT2D eigenvalue weighted by Gasteiger charge is 2.21. The zero-order chi connectivity index (χ0) is 10.8. The molecule has 1 aliphatic heterocycles. The van der Waals surface area contributed by atoms with Crippen molar-refractivity contribution in [2.75, 3.05) is 19.8 Å². The number of morpholine rings is 1. The summed E-state index contributed by atoms with van der Waals surface area (Å²) >= 11 is 0. The number of ether oxygens (including phenoxy) is 1. The Morgan fingerprint density at radius 2 is 2.38 bits per heavy atom. The van der Waals surface area contributed by atoms with Crippen molar-refractivity contribution >= 4 is 0 Å². The minimum absolute atomic E-state index is 0.0156. The lowest BCUT2D eigenvalue weighted by Gasteiger charge is -2.20. The average Bonchev–Trinajstić information content (AvgIpc) is 3.01. The summed E-state index contributed by atoms with van der Waals surface area (Å²) in [6, 6.07) is 1.65. The molecule has 2 aromatic heterocycles. The fourth-order valence-electron chi connectivity index (χ4n) is 1.53. The van der Waals surface area contributed by atoms with Gasteiger partial charge in [0.2, 0.25) is 0 Å². The quantitative estimate of drug-likeness (QED) is 0.786.